The van der Waals surface area contributed by atoms with Gasteiger partial charge in [0, 0.05) is 34.2 Å². The number of benzene rings is 1. The second-order valence-corrected chi connectivity index (χ2v) is 7.18. The van der Waals surface area contributed by atoms with E-state index in [0.29, 0.717) is 17.6 Å². The van der Waals surface area contributed by atoms with Crippen LogP contribution in [-0.4, -0.2) is 17.6 Å². The van der Waals surface area contributed by atoms with E-state index in [1.807, 2.05) is 0 Å². The molecule has 0 atom stereocenters. The van der Waals surface area contributed by atoms with Gasteiger partial charge in [0.1, 0.15) is 18.3 Å². The molecular formula is C14H23OS+. The second kappa shape index (κ2) is 5.13. The summed E-state index contributed by atoms with van der Waals surface area (Å²) in [5.74, 6) is 1.25. The van der Waals surface area contributed by atoms with E-state index in [0.717, 1.165) is 11.1 Å². The molecule has 0 aliphatic rings. The van der Waals surface area contributed by atoms with Crippen LogP contribution in [-0.2, 0) is 10.9 Å². The van der Waals surface area contributed by atoms with E-state index in [9.17, 15) is 5.11 Å². The number of hydrogen-bond donors (Lipinski definition) is 1. The van der Waals surface area contributed by atoms with Crippen molar-refractivity contribution in [3.8, 4) is 5.75 Å². The number of hydrogen-bond acceptors (Lipinski definition) is 1. The third-order valence-electron chi connectivity index (χ3n) is 2.86. The minimum absolute atomic E-state index is 0.248. The fourth-order valence-electron chi connectivity index (χ4n) is 1.77. The number of phenolic OH excluding ortho intramolecular Hbond substituents is 1. The second-order valence-electron chi connectivity index (χ2n) is 5.08. The van der Waals surface area contributed by atoms with Gasteiger partial charge in [0.2, 0.25) is 0 Å². The Morgan fingerprint density at radius 2 is 1.31 bits per heavy atom. The van der Waals surface area contributed by atoms with Gasteiger partial charge in [-0.25, -0.2) is 0 Å². The van der Waals surface area contributed by atoms with Gasteiger partial charge in [0.15, 0.2) is 4.90 Å². The van der Waals surface area contributed by atoms with E-state index < -0.39 is 0 Å². The van der Waals surface area contributed by atoms with Crippen LogP contribution in [0.3, 0.4) is 0 Å². The molecule has 0 saturated heterocycles. The molecule has 0 aromatic heterocycles. The smallest absolute Gasteiger partial charge is 0.155 e. The van der Waals surface area contributed by atoms with Gasteiger partial charge in [0.05, 0.1) is 0 Å². The Balaban J connectivity index is 3.39. The van der Waals surface area contributed by atoms with E-state index in [1.165, 1.54) is 4.90 Å². The van der Waals surface area contributed by atoms with Crippen LogP contribution in [0.2, 0.25) is 0 Å². The molecule has 0 bridgehead atoms. The van der Waals surface area contributed by atoms with E-state index in [4.69, 9.17) is 0 Å². The molecule has 0 aliphatic heterocycles. The van der Waals surface area contributed by atoms with Crippen LogP contribution in [0.1, 0.15) is 50.7 Å². The highest BCUT2D eigenvalue weighted by Gasteiger charge is 2.19. The Labute approximate surface area is 102 Å². The fraction of sp³-hybridized carbons (Fsp3) is 0.571. The molecule has 1 rings (SSSR count). The summed E-state index contributed by atoms with van der Waals surface area (Å²) in [6.07, 6.45) is 4.45. The van der Waals surface area contributed by atoms with Crippen molar-refractivity contribution in [3.63, 3.8) is 0 Å². The van der Waals surface area contributed by atoms with Gasteiger partial charge in [-0.1, -0.05) is 27.7 Å². The summed E-state index contributed by atoms with van der Waals surface area (Å²) >= 11 is 0. The summed E-state index contributed by atoms with van der Waals surface area (Å²) in [4.78, 5) is 1.35. The quantitative estimate of drug-likeness (QED) is 0.794. The van der Waals surface area contributed by atoms with Crippen LogP contribution < -0.4 is 0 Å². The molecule has 0 aliphatic carbocycles. The molecule has 2 heteroatoms. The molecular weight excluding hydrogens is 216 g/mol. The molecule has 0 heterocycles. The summed E-state index contributed by atoms with van der Waals surface area (Å²) in [6, 6.07) is 4.32. The van der Waals surface area contributed by atoms with E-state index in [-0.39, 0.29) is 10.9 Å². The first-order chi connectivity index (χ1) is 7.34. The van der Waals surface area contributed by atoms with Gasteiger partial charge in [-0.15, -0.1) is 0 Å². The Morgan fingerprint density at radius 3 is 1.56 bits per heavy atom. The lowest BCUT2D eigenvalue weighted by Crippen LogP contribution is -2.02. The maximum absolute atomic E-state index is 10.2. The third-order valence-corrected chi connectivity index (χ3v) is 4.04. The molecule has 0 fully saturated rings. The van der Waals surface area contributed by atoms with Crippen molar-refractivity contribution < 1.29 is 5.11 Å². The summed E-state index contributed by atoms with van der Waals surface area (Å²) in [6.45, 7) is 8.53. The highest BCUT2D eigenvalue weighted by Crippen LogP contribution is 2.35. The molecule has 1 N–H and O–H groups in total. The lowest BCUT2D eigenvalue weighted by molar-refractivity contribution is 0.453. The summed E-state index contributed by atoms with van der Waals surface area (Å²) < 4.78 is 0. The average Bonchev–Trinajstić information content (AvgIpc) is 2.16. The van der Waals surface area contributed by atoms with E-state index in [2.05, 4.69) is 52.3 Å². The number of aromatic hydroxyl groups is 1. The molecule has 0 amide bonds. The summed E-state index contributed by atoms with van der Waals surface area (Å²) in [7, 11) is 0.248. The minimum atomic E-state index is 0.248. The Morgan fingerprint density at radius 1 is 0.938 bits per heavy atom. The molecule has 16 heavy (non-hydrogen) atoms. The minimum Gasteiger partial charge on any atom is -0.507 e. The lowest BCUT2D eigenvalue weighted by Gasteiger charge is -2.16. The highest BCUT2D eigenvalue weighted by molar-refractivity contribution is 7.95. The molecule has 1 nitrogen and oxygen atoms in total. The first-order valence-electron chi connectivity index (χ1n) is 5.79. The maximum atomic E-state index is 10.2. The van der Waals surface area contributed by atoms with Gasteiger partial charge in [-0.3, -0.25) is 0 Å². The standard InChI is InChI=1S/C14H22OS/c1-9(2)12-7-11(16(5)6)8-13(10(3)4)14(12)15/h7-10H,1-6H3/p+1. The van der Waals surface area contributed by atoms with Crippen molar-refractivity contribution in [1.29, 1.82) is 0 Å². The van der Waals surface area contributed by atoms with Gasteiger partial charge in [0.25, 0.3) is 0 Å². The summed E-state index contributed by atoms with van der Waals surface area (Å²) in [5, 5.41) is 10.2. The Hall–Kier alpha value is -0.630. The van der Waals surface area contributed by atoms with Crippen LogP contribution in [0.15, 0.2) is 17.0 Å². The molecule has 0 radical (unpaired) electrons. The van der Waals surface area contributed by atoms with E-state index >= 15 is 0 Å². The largest absolute Gasteiger partial charge is 0.507 e. The Kier molecular flexibility index (Phi) is 4.31. The van der Waals surface area contributed by atoms with Crippen molar-refractivity contribution >= 4 is 10.9 Å². The predicted molar refractivity (Wildman–Crippen MR) is 73.8 cm³/mol. The summed E-state index contributed by atoms with van der Waals surface area (Å²) in [5.41, 5.74) is 2.17. The fourth-order valence-corrected chi connectivity index (χ4v) is 2.49. The molecule has 90 valence electrons. The van der Waals surface area contributed by atoms with Crippen molar-refractivity contribution in [2.45, 2.75) is 44.4 Å². The molecule has 1 aromatic rings. The monoisotopic (exact) mass is 239 g/mol. The van der Waals surface area contributed by atoms with E-state index in [1.54, 1.807) is 0 Å². The zero-order chi connectivity index (χ0) is 12.5. The van der Waals surface area contributed by atoms with Crippen LogP contribution >= 0.6 is 0 Å². The van der Waals surface area contributed by atoms with Crippen molar-refractivity contribution in [1.82, 2.24) is 0 Å². The molecule has 0 saturated carbocycles. The average molecular weight is 239 g/mol. The molecule has 1 aromatic carbocycles. The first-order valence-corrected chi connectivity index (χ1v) is 7.83. The van der Waals surface area contributed by atoms with Gasteiger partial charge < -0.3 is 5.11 Å². The van der Waals surface area contributed by atoms with Gasteiger partial charge in [-0.05, 0) is 11.8 Å². The molecule has 0 unspecified atom stereocenters. The third kappa shape index (κ3) is 2.73. The highest BCUT2D eigenvalue weighted by atomic mass is 32.2. The maximum Gasteiger partial charge on any atom is 0.155 e. The number of rotatable bonds is 3. The van der Waals surface area contributed by atoms with Gasteiger partial charge >= 0.3 is 0 Å². The van der Waals surface area contributed by atoms with Crippen molar-refractivity contribution in [2.75, 3.05) is 12.5 Å². The SMILES string of the molecule is CC(C)c1cc([S+](C)C)cc(C(C)C)c1O. The Bertz CT molecular complexity index is 338. The van der Waals surface area contributed by atoms with Gasteiger partial charge in [-0.2, -0.15) is 0 Å². The van der Waals surface area contributed by atoms with Crippen molar-refractivity contribution in [2.24, 2.45) is 0 Å². The molecule has 0 spiro atoms. The van der Waals surface area contributed by atoms with Crippen LogP contribution in [0.4, 0.5) is 0 Å². The van der Waals surface area contributed by atoms with Crippen LogP contribution in [0.5, 0.6) is 5.75 Å². The topological polar surface area (TPSA) is 20.2 Å². The van der Waals surface area contributed by atoms with Crippen LogP contribution in [0, 0.1) is 0 Å². The normalized spacial score (nSPS) is 11.8. The number of phenols is 1. The predicted octanol–water partition coefficient (Wildman–Crippen LogP) is 3.88. The lowest BCUT2D eigenvalue weighted by atomic mass is 9.94. The zero-order valence-corrected chi connectivity index (χ0v) is 12.0. The zero-order valence-electron chi connectivity index (χ0n) is 11.2. The van der Waals surface area contributed by atoms with Crippen LogP contribution in [0.25, 0.3) is 0 Å². The first kappa shape index (κ1) is 13.4. The van der Waals surface area contributed by atoms with Crippen molar-refractivity contribution in [3.05, 3.63) is 23.3 Å².